The van der Waals surface area contributed by atoms with Crippen molar-refractivity contribution in [1.82, 2.24) is 10.6 Å². The molecule has 0 bridgehead atoms. The summed E-state index contributed by atoms with van der Waals surface area (Å²) in [5, 5.41) is 14.9. The Morgan fingerprint density at radius 2 is 1.88 bits per heavy atom. The molecule has 1 aromatic carbocycles. The number of aliphatic hydroxyl groups excluding tert-OH is 1. The van der Waals surface area contributed by atoms with Gasteiger partial charge in [0.05, 0.1) is 6.10 Å². The van der Waals surface area contributed by atoms with Crippen LogP contribution in [-0.2, 0) is 5.41 Å². The van der Waals surface area contributed by atoms with Crippen molar-refractivity contribution in [2.75, 3.05) is 13.1 Å². The van der Waals surface area contributed by atoms with Crippen LogP contribution in [0, 0.1) is 17.0 Å². The number of amides is 2. The molecule has 0 aliphatic heterocycles. The van der Waals surface area contributed by atoms with Gasteiger partial charge in [-0.25, -0.2) is 13.6 Å². The van der Waals surface area contributed by atoms with E-state index in [1.165, 1.54) is 18.2 Å². The van der Waals surface area contributed by atoms with Gasteiger partial charge in [-0.05, 0) is 43.7 Å². The lowest BCUT2D eigenvalue weighted by Crippen LogP contribution is -2.44. The molecule has 0 aromatic heterocycles. The number of urea groups is 1. The summed E-state index contributed by atoms with van der Waals surface area (Å²) < 4.78 is 27.9. The van der Waals surface area contributed by atoms with Gasteiger partial charge >= 0.3 is 6.03 Å². The van der Waals surface area contributed by atoms with Crippen molar-refractivity contribution in [2.24, 2.45) is 5.41 Å². The Balaban J connectivity index is 1.88. The van der Waals surface area contributed by atoms with Gasteiger partial charge in [-0.15, -0.1) is 0 Å². The Kier molecular flexibility index (Phi) is 5.48. The molecular formula is C18H26F2N2O2. The van der Waals surface area contributed by atoms with Crippen molar-refractivity contribution in [3.63, 3.8) is 0 Å². The summed E-state index contributed by atoms with van der Waals surface area (Å²) >= 11 is 0. The SMILES string of the molecule is CC(O)CC(C)(C)CNC(=O)NCC1(c2c(F)cccc2F)CC1. The molecule has 1 unspecified atom stereocenters. The molecule has 4 nitrogen and oxygen atoms in total. The van der Waals surface area contributed by atoms with E-state index in [-0.39, 0.29) is 23.6 Å². The lowest BCUT2D eigenvalue weighted by Gasteiger charge is -2.26. The molecule has 0 saturated heterocycles. The highest BCUT2D eigenvalue weighted by Gasteiger charge is 2.48. The fourth-order valence-corrected chi connectivity index (χ4v) is 3.17. The third-order valence-corrected chi connectivity index (χ3v) is 4.51. The third kappa shape index (κ3) is 4.66. The maximum Gasteiger partial charge on any atom is 0.314 e. The molecule has 2 amide bonds. The van der Waals surface area contributed by atoms with Gasteiger partial charge in [-0.3, -0.25) is 0 Å². The lowest BCUT2D eigenvalue weighted by atomic mass is 9.87. The monoisotopic (exact) mass is 340 g/mol. The standard InChI is InChI=1S/C18H26F2N2O2/c1-12(23)9-17(2,3)10-21-16(24)22-11-18(7-8-18)15-13(19)5-4-6-14(15)20/h4-6,12,23H,7-11H2,1-3H3,(H2,21,22,24). The van der Waals surface area contributed by atoms with E-state index in [0.29, 0.717) is 25.8 Å². The Hall–Kier alpha value is -1.69. The van der Waals surface area contributed by atoms with Crippen molar-refractivity contribution >= 4 is 6.03 Å². The normalized spacial score (nSPS) is 17.2. The first-order valence-corrected chi connectivity index (χ1v) is 8.29. The summed E-state index contributed by atoms with van der Waals surface area (Å²) in [4.78, 5) is 12.0. The van der Waals surface area contributed by atoms with Crippen LogP contribution in [0.5, 0.6) is 0 Å². The van der Waals surface area contributed by atoms with Crippen LogP contribution in [-0.4, -0.2) is 30.3 Å². The first-order valence-electron chi connectivity index (χ1n) is 8.29. The van der Waals surface area contributed by atoms with Crippen LogP contribution in [0.4, 0.5) is 13.6 Å². The van der Waals surface area contributed by atoms with Gasteiger partial charge in [-0.2, -0.15) is 0 Å². The third-order valence-electron chi connectivity index (χ3n) is 4.51. The molecule has 0 spiro atoms. The molecule has 24 heavy (non-hydrogen) atoms. The number of hydrogen-bond donors (Lipinski definition) is 3. The van der Waals surface area contributed by atoms with E-state index >= 15 is 0 Å². The fourth-order valence-electron chi connectivity index (χ4n) is 3.17. The molecular weight excluding hydrogens is 314 g/mol. The van der Waals surface area contributed by atoms with Crippen molar-refractivity contribution in [3.05, 3.63) is 35.4 Å². The topological polar surface area (TPSA) is 61.4 Å². The van der Waals surface area contributed by atoms with Crippen LogP contribution in [0.1, 0.15) is 45.6 Å². The zero-order valence-corrected chi connectivity index (χ0v) is 14.5. The van der Waals surface area contributed by atoms with Crippen LogP contribution < -0.4 is 10.6 Å². The zero-order valence-electron chi connectivity index (χ0n) is 14.5. The second-order valence-corrected chi connectivity index (χ2v) is 7.63. The van der Waals surface area contributed by atoms with Gasteiger partial charge in [0, 0.05) is 24.1 Å². The van der Waals surface area contributed by atoms with E-state index in [4.69, 9.17) is 0 Å². The summed E-state index contributed by atoms with van der Waals surface area (Å²) in [6.07, 6.45) is 1.43. The minimum atomic E-state index is -0.637. The van der Waals surface area contributed by atoms with E-state index < -0.39 is 23.2 Å². The van der Waals surface area contributed by atoms with E-state index in [0.717, 1.165) is 0 Å². The number of aliphatic hydroxyl groups is 1. The number of rotatable bonds is 7. The molecule has 0 heterocycles. The molecule has 2 rings (SSSR count). The second kappa shape index (κ2) is 7.05. The predicted octanol–water partition coefficient (Wildman–Crippen LogP) is 3.09. The molecule has 1 saturated carbocycles. The number of halogens is 2. The largest absolute Gasteiger partial charge is 0.393 e. The lowest BCUT2D eigenvalue weighted by molar-refractivity contribution is 0.129. The van der Waals surface area contributed by atoms with E-state index in [1.807, 2.05) is 13.8 Å². The van der Waals surface area contributed by atoms with Crippen molar-refractivity contribution in [2.45, 2.75) is 51.6 Å². The molecule has 3 N–H and O–H groups in total. The number of carbonyl (C=O) groups is 1. The average Bonchev–Trinajstić information content (AvgIpc) is 3.22. The highest BCUT2D eigenvalue weighted by atomic mass is 19.1. The predicted molar refractivity (Wildman–Crippen MR) is 88.8 cm³/mol. The Labute approximate surface area is 141 Å². The van der Waals surface area contributed by atoms with Crippen LogP contribution in [0.25, 0.3) is 0 Å². The van der Waals surface area contributed by atoms with Gasteiger partial charge in [0.2, 0.25) is 0 Å². The first-order chi connectivity index (χ1) is 11.2. The molecule has 0 radical (unpaired) electrons. The van der Waals surface area contributed by atoms with Crippen LogP contribution in [0.15, 0.2) is 18.2 Å². The van der Waals surface area contributed by atoms with Crippen LogP contribution >= 0.6 is 0 Å². The van der Waals surface area contributed by atoms with Gasteiger partial charge in [0.25, 0.3) is 0 Å². The summed E-state index contributed by atoms with van der Waals surface area (Å²) in [6, 6.07) is 3.47. The minimum absolute atomic E-state index is 0.0692. The summed E-state index contributed by atoms with van der Waals surface area (Å²) in [5.41, 5.74) is -0.804. The van der Waals surface area contributed by atoms with Crippen LogP contribution in [0.2, 0.25) is 0 Å². The Bertz CT molecular complexity index is 578. The van der Waals surface area contributed by atoms with Gasteiger partial charge < -0.3 is 15.7 Å². The molecule has 1 aliphatic rings. The minimum Gasteiger partial charge on any atom is -0.393 e. The number of benzene rings is 1. The highest BCUT2D eigenvalue weighted by molar-refractivity contribution is 5.74. The number of nitrogens with one attached hydrogen (secondary N) is 2. The summed E-state index contributed by atoms with van der Waals surface area (Å²) in [6.45, 7) is 6.23. The first kappa shape index (κ1) is 18.6. The zero-order chi connectivity index (χ0) is 18.0. The maximum atomic E-state index is 13.9. The summed E-state index contributed by atoms with van der Waals surface area (Å²) in [7, 11) is 0. The number of carbonyl (C=O) groups excluding carboxylic acids is 1. The molecule has 1 aliphatic carbocycles. The van der Waals surface area contributed by atoms with Gasteiger partial charge in [0.1, 0.15) is 11.6 Å². The van der Waals surface area contributed by atoms with E-state index in [1.54, 1.807) is 6.92 Å². The molecule has 134 valence electrons. The fraction of sp³-hybridized carbons (Fsp3) is 0.611. The van der Waals surface area contributed by atoms with E-state index in [9.17, 15) is 18.7 Å². The summed E-state index contributed by atoms with van der Waals surface area (Å²) in [5.74, 6) is -1.12. The van der Waals surface area contributed by atoms with Crippen molar-refractivity contribution in [3.8, 4) is 0 Å². The van der Waals surface area contributed by atoms with Gasteiger partial charge in [-0.1, -0.05) is 19.9 Å². The average molecular weight is 340 g/mol. The maximum absolute atomic E-state index is 13.9. The van der Waals surface area contributed by atoms with Gasteiger partial charge in [0.15, 0.2) is 0 Å². The molecule has 1 aromatic rings. The molecule has 1 fully saturated rings. The van der Waals surface area contributed by atoms with Crippen LogP contribution in [0.3, 0.4) is 0 Å². The quantitative estimate of drug-likeness (QED) is 0.714. The number of hydrogen-bond acceptors (Lipinski definition) is 2. The smallest absolute Gasteiger partial charge is 0.314 e. The Morgan fingerprint density at radius 1 is 1.29 bits per heavy atom. The molecule has 1 atom stereocenters. The van der Waals surface area contributed by atoms with Crippen molar-refractivity contribution < 1.29 is 18.7 Å². The molecule has 6 heteroatoms. The van der Waals surface area contributed by atoms with Crippen molar-refractivity contribution in [1.29, 1.82) is 0 Å². The highest BCUT2D eigenvalue weighted by Crippen LogP contribution is 2.49. The Morgan fingerprint density at radius 3 is 2.38 bits per heavy atom. The van der Waals surface area contributed by atoms with E-state index in [2.05, 4.69) is 10.6 Å². The second-order valence-electron chi connectivity index (χ2n) is 7.63.